The Bertz CT molecular complexity index is 627. The summed E-state index contributed by atoms with van der Waals surface area (Å²) >= 11 is 0. The zero-order valence-corrected chi connectivity index (χ0v) is 13.4. The summed E-state index contributed by atoms with van der Waals surface area (Å²) in [7, 11) is 4.20. The maximum absolute atomic E-state index is 6.09. The standard InChI is InChI=1S/C15H25N5/c1-9(7-8-19(5)6)20-11(3)10(2)13-14(16)17-12(4)18-15(13)20/h9H,7-8H2,1-6H3,(H2,16,17,18). The molecule has 2 rings (SSSR count). The predicted octanol–water partition coefficient (Wildman–Crippen LogP) is 2.45. The molecule has 20 heavy (non-hydrogen) atoms. The summed E-state index contributed by atoms with van der Waals surface area (Å²) in [6, 6.07) is 0.391. The van der Waals surface area contributed by atoms with E-state index in [1.165, 1.54) is 11.3 Å². The van der Waals surface area contributed by atoms with E-state index >= 15 is 0 Å². The van der Waals surface area contributed by atoms with Gasteiger partial charge in [-0.15, -0.1) is 0 Å². The number of anilines is 1. The zero-order valence-electron chi connectivity index (χ0n) is 13.4. The Balaban J connectivity index is 2.55. The minimum atomic E-state index is 0.391. The van der Waals surface area contributed by atoms with Crippen molar-refractivity contribution < 1.29 is 0 Å². The van der Waals surface area contributed by atoms with Crippen molar-refractivity contribution >= 4 is 16.9 Å². The molecule has 0 aliphatic heterocycles. The molecule has 0 aromatic carbocycles. The lowest BCUT2D eigenvalue weighted by Gasteiger charge is -2.19. The molecule has 2 aromatic heterocycles. The van der Waals surface area contributed by atoms with E-state index < -0.39 is 0 Å². The van der Waals surface area contributed by atoms with Gasteiger partial charge in [0.25, 0.3) is 0 Å². The number of hydrogen-bond acceptors (Lipinski definition) is 4. The third-order valence-corrected chi connectivity index (χ3v) is 3.97. The van der Waals surface area contributed by atoms with Crippen LogP contribution in [-0.2, 0) is 0 Å². The van der Waals surface area contributed by atoms with Crippen LogP contribution in [0.4, 0.5) is 5.82 Å². The van der Waals surface area contributed by atoms with Crippen molar-refractivity contribution in [2.45, 2.75) is 40.2 Å². The molecule has 0 aliphatic rings. The van der Waals surface area contributed by atoms with Gasteiger partial charge in [-0.2, -0.15) is 0 Å². The second-order valence-corrected chi connectivity index (χ2v) is 5.88. The first-order valence-corrected chi connectivity index (χ1v) is 7.08. The van der Waals surface area contributed by atoms with Crippen molar-refractivity contribution in [1.29, 1.82) is 0 Å². The summed E-state index contributed by atoms with van der Waals surface area (Å²) < 4.78 is 2.30. The predicted molar refractivity (Wildman–Crippen MR) is 84.0 cm³/mol. The van der Waals surface area contributed by atoms with E-state index in [0.29, 0.717) is 11.9 Å². The number of rotatable bonds is 4. The number of nitrogen functional groups attached to an aromatic ring is 1. The van der Waals surface area contributed by atoms with Crippen LogP contribution in [0, 0.1) is 20.8 Å². The lowest BCUT2D eigenvalue weighted by atomic mass is 10.2. The highest BCUT2D eigenvalue weighted by molar-refractivity contribution is 5.91. The topological polar surface area (TPSA) is 60.0 Å². The molecule has 0 saturated heterocycles. The van der Waals surface area contributed by atoms with Crippen molar-refractivity contribution in [2.24, 2.45) is 0 Å². The number of aryl methyl sites for hydroxylation is 2. The Morgan fingerprint density at radius 2 is 1.85 bits per heavy atom. The normalized spacial score (nSPS) is 13.3. The number of nitrogens with zero attached hydrogens (tertiary/aromatic N) is 4. The van der Waals surface area contributed by atoms with Gasteiger partial charge in [-0.1, -0.05) is 0 Å². The van der Waals surface area contributed by atoms with Crippen LogP contribution in [0.2, 0.25) is 0 Å². The molecular formula is C15H25N5. The molecule has 2 N–H and O–H groups in total. The highest BCUT2D eigenvalue weighted by atomic mass is 15.1. The molecule has 0 bridgehead atoms. The maximum Gasteiger partial charge on any atom is 0.146 e. The molecule has 5 nitrogen and oxygen atoms in total. The zero-order chi connectivity index (χ0) is 15.0. The fourth-order valence-electron chi connectivity index (χ4n) is 2.75. The summed E-state index contributed by atoms with van der Waals surface area (Å²) in [6.45, 7) is 9.42. The van der Waals surface area contributed by atoms with Gasteiger partial charge < -0.3 is 15.2 Å². The third-order valence-electron chi connectivity index (χ3n) is 3.97. The van der Waals surface area contributed by atoms with Crippen LogP contribution in [0.3, 0.4) is 0 Å². The molecular weight excluding hydrogens is 250 g/mol. The van der Waals surface area contributed by atoms with Crippen molar-refractivity contribution in [3.63, 3.8) is 0 Å². The summed E-state index contributed by atoms with van der Waals surface area (Å²) in [5.41, 5.74) is 9.48. The molecule has 0 saturated carbocycles. The Morgan fingerprint density at radius 3 is 2.45 bits per heavy atom. The number of nitrogens with two attached hydrogens (primary N) is 1. The first-order valence-electron chi connectivity index (χ1n) is 7.08. The molecule has 1 unspecified atom stereocenters. The van der Waals surface area contributed by atoms with Crippen LogP contribution in [0.15, 0.2) is 0 Å². The van der Waals surface area contributed by atoms with Crippen LogP contribution < -0.4 is 5.73 Å². The maximum atomic E-state index is 6.09. The highest BCUT2D eigenvalue weighted by Crippen LogP contribution is 2.31. The van der Waals surface area contributed by atoms with Gasteiger partial charge in [0, 0.05) is 11.7 Å². The SMILES string of the molecule is Cc1nc(N)c2c(C)c(C)n(C(C)CCN(C)C)c2n1. The Labute approximate surface area is 120 Å². The summed E-state index contributed by atoms with van der Waals surface area (Å²) in [4.78, 5) is 11.1. The minimum Gasteiger partial charge on any atom is -0.383 e. The van der Waals surface area contributed by atoms with E-state index in [1.54, 1.807) is 0 Å². The van der Waals surface area contributed by atoms with Crippen LogP contribution in [-0.4, -0.2) is 40.1 Å². The van der Waals surface area contributed by atoms with E-state index in [4.69, 9.17) is 5.73 Å². The Hall–Kier alpha value is -1.62. The van der Waals surface area contributed by atoms with E-state index in [2.05, 4.69) is 54.3 Å². The highest BCUT2D eigenvalue weighted by Gasteiger charge is 2.19. The molecule has 2 aromatic rings. The molecule has 2 heterocycles. The van der Waals surface area contributed by atoms with Gasteiger partial charge in [0.2, 0.25) is 0 Å². The molecule has 0 spiro atoms. The smallest absolute Gasteiger partial charge is 0.146 e. The quantitative estimate of drug-likeness (QED) is 0.931. The van der Waals surface area contributed by atoms with Gasteiger partial charge in [-0.3, -0.25) is 0 Å². The van der Waals surface area contributed by atoms with Crippen LogP contribution >= 0.6 is 0 Å². The number of fused-ring (bicyclic) bond motifs is 1. The van der Waals surface area contributed by atoms with Crippen molar-refractivity contribution in [3.8, 4) is 0 Å². The molecule has 0 aliphatic carbocycles. The lowest BCUT2D eigenvalue weighted by molar-refractivity contribution is 0.358. The molecule has 0 fully saturated rings. The lowest BCUT2D eigenvalue weighted by Crippen LogP contribution is -2.18. The van der Waals surface area contributed by atoms with E-state index in [1.807, 2.05) is 6.92 Å². The van der Waals surface area contributed by atoms with Crippen molar-refractivity contribution in [1.82, 2.24) is 19.4 Å². The fourth-order valence-corrected chi connectivity index (χ4v) is 2.75. The summed E-state index contributed by atoms with van der Waals surface area (Å²) in [5.74, 6) is 1.32. The molecule has 110 valence electrons. The van der Waals surface area contributed by atoms with Gasteiger partial charge in [-0.25, -0.2) is 9.97 Å². The number of hydrogen-bond donors (Lipinski definition) is 1. The fraction of sp³-hybridized carbons (Fsp3) is 0.600. The minimum absolute atomic E-state index is 0.391. The van der Waals surface area contributed by atoms with Crippen molar-refractivity contribution in [3.05, 3.63) is 17.1 Å². The molecule has 0 amide bonds. The monoisotopic (exact) mass is 275 g/mol. The average molecular weight is 275 g/mol. The van der Waals surface area contributed by atoms with E-state index in [-0.39, 0.29) is 0 Å². The van der Waals surface area contributed by atoms with Gasteiger partial charge >= 0.3 is 0 Å². The largest absolute Gasteiger partial charge is 0.383 e. The van der Waals surface area contributed by atoms with Crippen molar-refractivity contribution in [2.75, 3.05) is 26.4 Å². The second-order valence-electron chi connectivity index (χ2n) is 5.88. The first-order chi connectivity index (χ1) is 9.32. The molecule has 5 heteroatoms. The van der Waals surface area contributed by atoms with Gasteiger partial charge in [-0.05, 0) is 60.3 Å². The third kappa shape index (κ3) is 2.50. The van der Waals surface area contributed by atoms with Gasteiger partial charge in [0.1, 0.15) is 17.3 Å². The summed E-state index contributed by atoms with van der Waals surface area (Å²) in [6.07, 6.45) is 1.08. The molecule has 0 radical (unpaired) electrons. The van der Waals surface area contributed by atoms with E-state index in [0.717, 1.165) is 29.8 Å². The molecule has 1 atom stereocenters. The first kappa shape index (κ1) is 14.8. The Morgan fingerprint density at radius 1 is 1.20 bits per heavy atom. The second kappa shape index (κ2) is 5.40. The van der Waals surface area contributed by atoms with Crippen LogP contribution in [0.1, 0.15) is 36.5 Å². The van der Waals surface area contributed by atoms with Gasteiger partial charge in [0.05, 0.1) is 5.39 Å². The van der Waals surface area contributed by atoms with Crippen LogP contribution in [0.5, 0.6) is 0 Å². The van der Waals surface area contributed by atoms with Crippen LogP contribution in [0.25, 0.3) is 11.0 Å². The summed E-state index contributed by atoms with van der Waals surface area (Å²) in [5, 5.41) is 1.00. The Kier molecular flexibility index (Phi) is 3.99. The van der Waals surface area contributed by atoms with E-state index in [9.17, 15) is 0 Å². The van der Waals surface area contributed by atoms with Gasteiger partial charge in [0.15, 0.2) is 0 Å². The average Bonchev–Trinajstić information content (AvgIpc) is 2.59. The number of aromatic nitrogens is 3.